The highest BCUT2D eigenvalue weighted by molar-refractivity contribution is 5.88. The van der Waals surface area contributed by atoms with Crippen molar-refractivity contribution < 1.29 is 27.8 Å². The molecule has 0 radical (unpaired) electrons. The molecule has 0 aliphatic heterocycles. The molecule has 1 heterocycles. The monoisotopic (exact) mass is 468 g/mol. The van der Waals surface area contributed by atoms with E-state index in [0.717, 1.165) is 28.6 Å². The maximum Gasteiger partial charge on any atom is 0.416 e. The summed E-state index contributed by atoms with van der Waals surface area (Å²) in [7, 11) is 0. The highest BCUT2D eigenvalue weighted by atomic mass is 19.4. The van der Waals surface area contributed by atoms with Gasteiger partial charge in [-0.2, -0.15) is 13.2 Å². The normalized spacial score (nSPS) is 11.6. The van der Waals surface area contributed by atoms with E-state index < -0.39 is 17.7 Å². The first-order chi connectivity index (χ1) is 16.3. The molecule has 8 heteroatoms. The number of nitrogens with one attached hydrogen (secondary N) is 1. The van der Waals surface area contributed by atoms with Gasteiger partial charge in [-0.25, -0.2) is 0 Å². The van der Waals surface area contributed by atoms with Crippen LogP contribution < -0.4 is 10.1 Å². The number of benzene rings is 3. The van der Waals surface area contributed by atoms with Crippen molar-refractivity contribution in [3.05, 3.63) is 101 Å². The number of carboxylic acid groups (broad SMARTS) is 1. The molecule has 3 aromatic carbocycles. The fraction of sp³-hybridized carbons (Fsp3) is 0.192. The topological polar surface area (TPSA) is 63.5 Å². The predicted molar refractivity (Wildman–Crippen MR) is 123 cm³/mol. The average Bonchev–Trinajstić information content (AvgIpc) is 3.13. The van der Waals surface area contributed by atoms with E-state index >= 15 is 0 Å². The van der Waals surface area contributed by atoms with Crippen LogP contribution in [0.15, 0.2) is 79.0 Å². The Balaban J connectivity index is 1.45. The number of carboxylic acids is 1. The highest BCUT2D eigenvalue weighted by Gasteiger charge is 2.30. The van der Waals surface area contributed by atoms with Gasteiger partial charge in [0.05, 0.1) is 12.0 Å². The molecule has 1 aromatic heterocycles. The number of fused-ring (bicyclic) bond motifs is 1. The molecule has 4 aromatic rings. The molecular weight excluding hydrogens is 445 g/mol. The molecular formula is C26H23F3N2O3. The van der Waals surface area contributed by atoms with Gasteiger partial charge in [0.15, 0.2) is 0 Å². The maximum atomic E-state index is 12.9. The van der Waals surface area contributed by atoms with Gasteiger partial charge in [0.25, 0.3) is 0 Å². The second kappa shape index (κ2) is 10.0. The van der Waals surface area contributed by atoms with Gasteiger partial charge in [-0.05, 0) is 41.0 Å². The number of rotatable bonds is 9. The number of hydrogen-bond donors (Lipinski definition) is 2. The van der Waals surface area contributed by atoms with Gasteiger partial charge < -0.3 is 14.4 Å². The van der Waals surface area contributed by atoms with Crippen LogP contribution in [0.2, 0.25) is 0 Å². The van der Waals surface area contributed by atoms with Crippen LogP contribution in [-0.4, -0.2) is 22.4 Å². The molecule has 0 saturated heterocycles. The Kier molecular flexibility index (Phi) is 6.88. The van der Waals surface area contributed by atoms with Gasteiger partial charge in [-0.1, -0.05) is 48.5 Å². The van der Waals surface area contributed by atoms with Crippen LogP contribution in [0.3, 0.4) is 0 Å². The molecule has 0 fully saturated rings. The third kappa shape index (κ3) is 5.77. The molecule has 0 unspecified atom stereocenters. The fourth-order valence-corrected chi connectivity index (χ4v) is 3.84. The smallest absolute Gasteiger partial charge is 0.416 e. The van der Waals surface area contributed by atoms with Gasteiger partial charge in [0.1, 0.15) is 12.5 Å². The summed E-state index contributed by atoms with van der Waals surface area (Å²) in [5, 5.41) is 13.1. The second-order valence-electron chi connectivity index (χ2n) is 7.93. The lowest BCUT2D eigenvalue weighted by molar-refractivity contribution is -0.138. The quantitative estimate of drug-likeness (QED) is 0.253. The van der Waals surface area contributed by atoms with Gasteiger partial charge in [-0.3, -0.25) is 10.1 Å². The molecule has 0 amide bonds. The van der Waals surface area contributed by atoms with E-state index in [1.807, 2.05) is 47.2 Å². The minimum absolute atomic E-state index is 0.0841. The van der Waals surface area contributed by atoms with Crippen molar-refractivity contribution in [2.24, 2.45) is 0 Å². The zero-order valence-electron chi connectivity index (χ0n) is 18.2. The Morgan fingerprint density at radius 1 is 0.971 bits per heavy atom. The van der Waals surface area contributed by atoms with Crippen LogP contribution >= 0.6 is 0 Å². The van der Waals surface area contributed by atoms with E-state index in [2.05, 4.69) is 5.32 Å². The first kappa shape index (κ1) is 23.4. The molecule has 0 bridgehead atoms. The Morgan fingerprint density at radius 2 is 1.74 bits per heavy atom. The number of alkyl halides is 3. The van der Waals surface area contributed by atoms with Crippen LogP contribution in [-0.2, 0) is 30.5 Å². The lowest BCUT2D eigenvalue weighted by Crippen LogP contribution is -2.20. The van der Waals surface area contributed by atoms with Crippen molar-refractivity contribution in [1.29, 1.82) is 0 Å². The van der Waals surface area contributed by atoms with E-state index in [-0.39, 0.29) is 19.7 Å². The van der Waals surface area contributed by atoms with Crippen molar-refractivity contribution >= 4 is 16.9 Å². The third-order valence-corrected chi connectivity index (χ3v) is 5.40. The summed E-state index contributed by atoms with van der Waals surface area (Å²) >= 11 is 0. The van der Waals surface area contributed by atoms with Crippen molar-refractivity contribution in [3.63, 3.8) is 0 Å². The molecule has 0 atom stereocenters. The number of aliphatic carboxylic acids is 1. The summed E-state index contributed by atoms with van der Waals surface area (Å²) in [6.45, 7) is 0.903. The van der Waals surface area contributed by atoms with Gasteiger partial charge in [-0.15, -0.1) is 0 Å². The van der Waals surface area contributed by atoms with Crippen molar-refractivity contribution in [2.75, 3.05) is 6.73 Å². The van der Waals surface area contributed by atoms with Gasteiger partial charge >= 0.3 is 12.1 Å². The summed E-state index contributed by atoms with van der Waals surface area (Å²) < 4.78 is 46.3. The molecule has 0 aliphatic carbocycles. The van der Waals surface area contributed by atoms with Crippen LogP contribution in [0, 0.1) is 0 Å². The van der Waals surface area contributed by atoms with Crippen molar-refractivity contribution in [1.82, 2.24) is 9.88 Å². The molecule has 0 saturated carbocycles. The van der Waals surface area contributed by atoms with E-state index in [0.29, 0.717) is 23.4 Å². The summed E-state index contributed by atoms with van der Waals surface area (Å²) in [4.78, 5) is 11.4. The number of nitrogens with zero attached hydrogens (tertiary/aromatic N) is 1. The number of aromatic nitrogens is 1. The fourth-order valence-electron chi connectivity index (χ4n) is 3.84. The lowest BCUT2D eigenvalue weighted by atomic mass is 10.1. The first-order valence-corrected chi connectivity index (χ1v) is 10.7. The molecule has 0 spiro atoms. The number of halogens is 3. The van der Waals surface area contributed by atoms with Crippen LogP contribution in [0.5, 0.6) is 5.75 Å². The van der Waals surface area contributed by atoms with E-state index in [9.17, 15) is 23.1 Å². The minimum atomic E-state index is -4.38. The van der Waals surface area contributed by atoms with E-state index in [1.165, 1.54) is 6.07 Å². The molecule has 0 aliphatic rings. The molecule has 5 nitrogen and oxygen atoms in total. The average molecular weight is 468 g/mol. The Bertz CT molecular complexity index is 1280. The standard InChI is InChI=1S/C26H23F3N2O3/c27-26(28,29)21-8-4-7-19(11-21)14-30-17-34-22-9-10-24-23(13-22)20(12-25(32)33)16-31(24)15-18-5-2-1-3-6-18/h1-11,13,16,30H,12,14-15,17H2,(H,32,33). The molecule has 2 N–H and O–H groups in total. The SMILES string of the molecule is O=C(O)Cc1cn(Cc2ccccc2)c2ccc(OCNCc3cccc(C(F)(F)F)c3)cc12. The highest BCUT2D eigenvalue weighted by Crippen LogP contribution is 2.30. The van der Waals surface area contributed by atoms with Crippen molar-refractivity contribution in [2.45, 2.75) is 25.7 Å². The molecule has 4 rings (SSSR count). The largest absolute Gasteiger partial charge is 0.481 e. The Hall–Kier alpha value is -3.78. The number of hydrogen-bond acceptors (Lipinski definition) is 3. The van der Waals surface area contributed by atoms with Gasteiger partial charge in [0, 0.05) is 30.2 Å². The zero-order chi connectivity index (χ0) is 24.1. The molecule has 176 valence electrons. The third-order valence-electron chi connectivity index (χ3n) is 5.40. The van der Waals surface area contributed by atoms with E-state index in [1.54, 1.807) is 18.2 Å². The summed E-state index contributed by atoms with van der Waals surface area (Å²) in [5.74, 6) is -0.388. The Morgan fingerprint density at radius 3 is 2.47 bits per heavy atom. The maximum absolute atomic E-state index is 12.9. The zero-order valence-corrected chi connectivity index (χ0v) is 18.2. The van der Waals surface area contributed by atoms with Crippen LogP contribution in [0.25, 0.3) is 10.9 Å². The van der Waals surface area contributed by atoms with Crippen molar-refractivity contribution in [3.8, 4) is 5.75 Å². The second-order valence-corrected chi connectivity index (χ2v) is 7.93. The first-order valence-electron chi connectivity index (χ1n) is 10.7. The van der Waals surface area contributed by atoms with E-state index in [4.69, 9.17) is 4.74 Å². The van der Waals surface area contributed by atoms with Gasteiger partial charge in [0.2, 0.25) is 0 Å². The lowest BCUT2D eigenvalue weighted by Gasteiger charge is -2.11. The van der Waals surface area contributed by atoms with Crippen LogP contribution in [0.4, 0.5) is 13.2 Å². The summed E-state index contributed by atoms with van der Waals surface area (Å²) in [6, 6.07) is 20.5. The van der Waals surface area contributed by atoms with Crippen LogP contribution in [0.1, 0.15) is 22.3 Å². The Labute approximate surface area is 194 Å². The predicted octanol–water partition coefficient (Wildman–Crippen LogP) is 5.46. The summed E-state index contributed by atoms with van der Waals surface area (Å²) in [6.07, 6.45) is -2.65. The minimum Gasteiger partial charge on any atom is -0.481 e. The number of ether oxygens (including phenoxy) is 1. The number of carbonyl (C=O) groups is 1. The summed E-state index contributed by atoms with van der Waals surface area (Å²) in [5.41, 5.74) is 2.48. The molecule has 34 heavy (non-hydrogen) atoms.